The molecule has 1 fully saturated rings. The first-order valence-electron chi connectivity index (χ1n) is 6.48. The summed E-state index contributed by atoms with van der Waals surface area (Å²) < 4.78 is 11.0. The predicted octanol–water partition coefficient (Wildman–Crippen LogP) is 2.83. The van der Waals surface area contributed by atoms with Gasteiger partial charge in [0.05, 0.1) is 29.4 Å². The molecule has 1 heterocycles. The number of carbonyl (C=O) groups is 1. The molecule has 1 aliphatic rings. The molecule has 0 saturated carbocycles. The van der Waals surface area contributed by atoms with Gasteiger partial charge in [0, 0.05) is 25.9 Å². The number of ether oxygens (including phenoxy) is 2. The molecule has 4 nitrogen and oxygen atoms in total. The molecule has 0 aromatic heterocycles. The van der Waals surface area contributed by atoms with Crippen molar-refractivity contribution < 1.29 is 14.3 Å². The highest BCUT2D eigenvalue weighted by Gasteiger charge is 2.27. The van der Waals surface area contributed by atoms with Gasteiger partial charge in [-0.05, 0) is 17.7 Å². The van der Waals surface area contributed by atoms with E-state index in [2.05, 4.69) is 5.32 Å². The summed E-state index contributed by atoms with van der Waals surface area (Å²) >= 11 is 12.0. The van der Waals surface area contributed by atoms with Gasteiger partial charge < -0.3 is 14.8 Å². The van der Waals surface area contributed by atoms with Gasteiger partial charge in [0.25, 0.3) is 0 Å². The van der Waals surface area contributed by atoms with Crippen LogP contribution in [0.5, 0.6) is 0 Å². The molecule has 1 saturated heterocycles. The lowest BCUT2D eigenvalue weighted by Crippen LogP contribution is -2.29. The minimum Gasteiger partial charge on any atom is -0.465 e. The van der Waals surface area contributed by atoms with E-state index in [0.29, 0.717) is 23.3 Å². The molecule has 1 N–H and O–H groups in total. The van der Waals surface area contributed by atoms with E-state index in [1.54, 1.807) is 12.1 Å². The lowest BCUT2D eigenvalue weighted by atomic mass is 9.96. The van der Waals surface area contributed by atoms with Crippen molar-refractivity contribution in [2.75, 3.05) is 26.3 Å². The maximum atomic E-state index is 11.0. The van der Waals surface area contributed by atoms with E-state index < -0.39 is 0 Å². The normalized spacial score (nSPS) is 23.1. The molecule has 0 bridgehead atoms. The number of rotatable bonds is 3. The number of carbonyl (C=O) groups excluding carboxylic acids is 1. The van der Waals surface area contributed by atoms with Crippen LogP contribution in [0.3, 0.4) is 0 Å². The third kappa shape index (κ3) is 4.09. The van der Waals surface area contributed by atoms with Gasteiger partial charge in [0.2, 0.25) is 0 Å². The average Bonchev–Trinajstić information content (AvgIpc) is 2.65. The first-order chi connectivity index (χ1) is 9.58. The smallest absolute Gasteiger partial charge is 0.302 e. The summed E-state index contributed by atoms with van der Waals surface area (Å²) in [5, 5.41) is 4.28. The summed E-state index contributed by atoms with van der Waals surface area (Å²) in [6, 6.07) is 5.45. The standard InChI is InChI=1S/C14H17Cl2NO3/c1-9(18)20-8-11-7-17-4-5-19-14(11)10-2-3-12(15)13(16)6-10/h2-3,6,11,14,17H,4-5,7-8H2,1H3/t11-,14-/m1/s1. The van der Waals surface area contributed by atoms with Crippen LogP contribution in [-0.2, 0) is 14.3 Å². The van der Waals surface area contributed by atoms with Crippen molar-refractivity contribution in [3.63, 3.8) is 0 Å². The fraction of sp³-hybridized carbons (Fsp3) is 0.500. The van der Waals surface area contributed by atoms with Crippen molar-refractivity contribution in [2.24, 2.45) is 5.92 Å². The van der Waals surface area contributed by atoms with Crippen molar-refractivity contribution in [3.05, 3.63) is 33.8 Å². The quantitative estimate of drug-likeness (QED) is 0.871. The minimum absolute atomic E-state index is 0.0404. The molecule has 0 amide bonds. The summed E-state index contributed by atoms with van der Waals surface area (Å²) in [4.78, 5) is 11.0. The van der Waals surface area contributed by atoms with E-state index in [4.69, 9.17) is 32.7 Å². The Hall–Kier alpha value is -0.810. The number of hydrogen-bond acceptors (Lipinski definition) is 4. The largest absolute Gasteiger partial charge is 0.465 e. The maximum absolute atomic E-state index is 11.0. The number of halogens is 2. The summed E-state index contributed by atoms with van der Waals surface area (Å²) in [5.74, 6) is -0.249. The molecule has 0 radical (unpaired) electrons. The Balaban J connectivity index is 2.18. The van der Waals surface area contributed by atoms with Gasteiger partial charge in [-0.1, -0.05) is 29.3 Å². The van der Waals surface area contributed by atoms with Gasteiger partial charge in [0.1, 0.15) is 0 Å². The zero-order chi connectivity index (χ0) is 14.5. The zero-order valence-corrected chi connectivity index (χ0v) is 12.7. The van der Waals surface area contributed by atoms with E-state index in [-0.39, 0.29) is 18.0 Å². The summed E-state index contributed by atoms with van der Waals surface area (Å²) in [5.41, 5.74) is 0.945. The number of hydrogen-bond donors (Lipinski definition) is 1. The Bertz CT molecular complexity index is 481. The van der Waals surface area contributed by atoms with E-state index in [0.717, 1.165) is 18.7 Å². The van der Waals surface area contributed by atoms with Gasteiger partial charge in [-0.2, -0.15) is 0 Å². The molecule has 1 aliphatic heterocycles. The molecule has 20 heavy (non-hydrogen) atoms. The van der Waals surface area contributed by atoms with Crippen molar-refractivity contribution >= 4 is 29.2 Å². The molecular formula is C14H17Cl2NO3. The molecule has 2 atom stereocenters. The molecule has 6 heteroatoms. The second kappa shape index (κ2) is 7.27. The Morgan fingerprint density at radius 1 is 1.45 bits per heavy atom. The lowest BCUT2D eigenvalue weighted by molar-refractivity contribution is -0.143. The second-order valence-electron chi connectivity index (χ2n) is 4.73. The van der Waals surface area contributed by atoms with Gasteiger partial charge in [-0.15, -0.1) is 0 Å². The van der Waals surface area contributed by atoms with Crippen molar-refractivity contribution in [1.82, 2.24) is 5.32 Å². The van der Waals surface area contributed by atoms with Crippen LogP contribution in [0.15, 0.2) is 18.2 Å². The van der Waals surface area contributed by atoms with Crippen LogP contribution in [0.25, 0.3) is 0 Å². The molecule has 2 rings (SSSR count). The SMILES string of the molecule is CC(=O)OC[C@H]1CNCCO[C@@H]1c1ccc(Cl)c(Cl)c1. The summed E-state index contributed by atoms with van der Waals surface area (Å²) in [6.45, 7) is 3.81. The highest BCUT2D eigenvalue weighted by molar-refractivity contribution is 6.42. The Kier molecular flexibility index (Phi) is 5.66. The first kappa shape index (κ1) is 15.6. The molecule has 0 aliphatic carbocycles. The van der Waals surface area contributed by atoms with E-state index in [1.165, 1.54) is 6.92 Å². The molecule has 0 unspecified atom stereocenters. The monoisotopic (exact) mass is 317 g/mol. The number of esters is 1. The summed E-state index contributed by atoms with van der Waals surface area (Å²) in [7, 11) is 0. The van der Waals surface area contributed by atoms with Gasteiger partial charge in [-0.25, -0.2) is 0 Å². The topological polar surface area (TPSA) is 47.6 Å². The van der Waals surface area contributed by atoms with Crippen molar-refractivity contribution in [3.8, 4) is 0 Å². The fourth-order valence-electron chi connectivity index (χ4n) is 2.22. The fourth-order valence-corrected chi connectivity index (χ4v) is 2.52. The number of benzene rings is 1. The van der Waals surface area contributed by atoms with Crippen LogP contribution in [0, 0.1) is 5.92 Å². The third-order valence-electron chi connectivity index (χ3n) is 3.18. The van der Waals surface area contributed by atoms with Crippen molar-refractivity contribution in [2.45, 2.75) is 13.0 Å². The highest BCUT2D eigenvalue weighted by atomic mass is 35.5. The zero-order valence-electron chi connectivity index (χ0n) is 11.2. The van der Waals surface area contributed by atoms with Crippen LogP contribution in [0.2, 0.25) is 10.0 Å². The van der Waals surface area contributed by atoms with Crippen LogP contribution in [0.1, 0.15) is 18.6 Å². The van der Waals surface area contributed by atoms with Gasteiger partial charge >= 0.3 is 5.97 Å². The summed E-state index contributed by atoms with van der Waals surface area (Å²) in [6.07, 6.45) is -0.167. The molecule has 0 spiro atoms. The number of nitrogens with one attached hydrogen (secondary N) is 1. The molecule has 1 aromatic carbocycles. The Morgan fingerprint density at radius 3 is 2.95 bits per heavy atom. The first-order valence-corrected chi connectivity index (χ1v) is 7.24. The molecule has 110 valence electrons. The highest BCUT2D eigenvalue weighted by Crippen LogP contribution is 2.32. The maximum Gasteiger partial charge on any atom is 0.302 e. The van der Waals surface area contributed by atoms with E-state index in [9.17, 15) is 4.79 Å². The van der Waals surface area contributed by atoms with E-state index in [1.807, 2.05) is 6.07 Å². The van der Waals surface area contributed by atoms with Crippen LogP contribution >= 0.6 is 23.2 Å². The Morgan fingerprint density at radius 2 is 2.25 bits per heavy atom. The van der Waals surface area contributed by atoms with Gasteiger partial charge in [-0.3, -0.25) is 4.79 Å². The second-order valence-corrected chi connectivity index (χ2v) is 5.55. The average molecular weight is 318 g/mol. The molecule has 1 aromatic rings. The van der Waals surface area contributed by atoms with Crippen LogP contribution in [0.4, 0.5) is 0 Å². The lowest BCUT2D eigenvalue weighted by Gasteiger charge is -2.25. The predicted molar refractivity (Wildman–Crippen MR) is 78.1 cm³/mol. The third-order valence-corrected chi connectivity index (χ3v) is 3.92. The minimum atomic E-state index is -0.290. The molecular weight excluding hydrogens is 301 g/mol. The van der Waals surface area contributed by atoms with Crippen LogP contribution in [-0.4, -0.2) is 32.3 Å². The Labute approximate surface area is 128 Å². The van der Waals surface area contributed by atoms with Gasteiger partial charge in [0.15, 0.2) is 0 Å². The van der Waals surface area contributed by atoms with Crippen LogP contribution < -0.4 is 5.32 Å². The van der Waals surface area contributed by atoms with E-state index >= 15 is 0 Å². The van der Waals surface area contributed by atoms with Crippen molar-refractivity contribution in [1.29, 1.82) is 0 Å².